The van der Waals surface area contributed by atoms with Gasteiger partial charge in [-0.1, -0.05) is 54.1 Å². The Kier molecular flexibility index (Phi) is 10.5. The molecule has 2 aromatic carbocycles. The summed E-state index contributed by atoms with van der Waals surface area (Å²) < 4.78 is 15.5. The van der Waals surface area contributed by atoms with Crippen LogP contribution in [0.15, 0.2) is 60.7 Å². The Morgan fingerprint density at radius 3 is 2.21 bits per heavy atom. The number of carbonyl (C=O) groups excluding carboxylic acids is 3. The molecule has 176 valence electrons. The standard InChI is InChI=1S/C25H29NO6S/c1-17-5-9-20(10-6-17)13-23(27)31-14-22(16-33-15-19(3)24(28)30-4)32-25(29)26-21-11-7-18(2)8-12-21/h5-12,22H,3,13-16H2,1-2,4H3,(H,26,29). The zero-order chi connectivity index (χ0) is 24.2. The molecule has 1 atom stereocenters. The third-order valence-corrected chi connectivity index (χ3v) is 5.69. The summed E-state index contributed by atoms with van der Waals surface area (Å²) in [6.45, 7) is 7.48. The molecule has 0 aliphatic carbocycles. The van der Waals surface area contributed by atoms with E-state index < -0.39 is 24.1 Å². The van der Waals surface area contributed by atoms with E-state index in [4.69, 9.17) is 9.47 Å². The highest BCUT2D eigenvalue weighted by Crippen LogP contribution is 2.14. The Morgan fingerprint density at radius 1 is 1.00 bits per heavy atom. The molecule has 0 aliphatic heterocycles. The van der Waals surface area contributed by atoms with Crippen LogP contribution in [0.2, 0.25) is 0 Å². The molecule has 1 amide bonds. The fraction of sp³-hybridized carbons (Fsp3) is 0.320. The molecule has 0 fully saturated rings. The molecule has 0 aliphatic rings. The maximum atomic E-state index is 12.4. The Balaban J connectivity index is 1.91. The number of benzene rings is 2. The molecule has 2 aromatic rings. The number of carbonyl (C=O) groups is 3. The highest BCUT2D eigenvalue weighted by molar-refractivity contribution is 7.99. The number of rotatable bonds is 11. The highest BCUT2D eigenvalue weighted by atomic mass is 32.2. The van der Waals surface area contributed by atoms with Crippen molar-refractivity contribution in [2.24, 2.45) is 0 Å². The quantitative estimate of drug-likeness (QED) is 0.294. The molecular formula is C25H29NO6S. The fourth-order valence-corrected chi connectivity index (χ4v) is 3.59. The van der Waals surface area contributed by atoms with Gasteiger partial charge in [-0.2, -0.15) is 11.8 Å². The number of methoxy groups -OCH3 is 1. The monoisotopic (exact) mass is 471 g/mol. The van der Waals surface area contributed by atoms with E-state index in [2.05, 4.69) is 16.6 Å². The normalized spacial score (nSPS) is 11.2. The minimum atomic E-state index is -0.715. The van der Waals surface area contributed by atoms with Crippen LogP contribution in [0, 0.1) is 13.8 Å². The van der Waals surface area contributed by atoms with Crippen LogP contribution in [0.5, 0.6) is 0 Å². The lowest BCUT2D eigenvalue weighted by molar-refractivity contribution is -0.145. The Morgan fingerprint density at radius 2 is 1.61 bits per heavy atom. The maximum Gasteiger partial charge on any atom is 0.412 e. The summed E-state index contributed by atoms with van der Waals surface area (Å²) >= 11 is 1.32. The van der Waals surface area contributed by atoms with Crippen molar-refractivity contribution in [1.82, 2.24) is 0 Å². The number of ether oxygens (including phenoxy) is 3. The summed E-state index contributed by atoms with van der Waals surface area (Å²) in [7, 11) is 1.28. The first-order chi connectivity index (χ1) is 15.8. The number of esters is 2. The Hall–Kier alpha value is -3.26. The molecule has 0 heterocycles. The zero-order valence-corrected chi connectivity index (χ0v) is 19.9. The molecule has 7 nitrogen and oxygen atoms in total. The first-order valence-electron chi connectivity index (χ1n) is 10.4. The van der Waals surface area contributed by atoms with E-state index in [-0.39, 0.29) is 13.0 Å². The third kappa shape index (κ3) is 9.82. The van der Waals surface area contributed by atoms with E-state index in [0.717, 1.165) is 16.7 Å². The number of hydrogen-bond acceptors (Lipinski definition) is 7. The molecule has 1 unspecified atom stereocenters. The second-order valence-corrected chi connectivity index (χ2v) is 8.50. The van der Waals surface area contributed by atoms with Crippen molar-refractivity contribution in [1.29, 1.82) is 0 Å². The van der Waals surface area contributed by atoms with Crippen LogP contribution < -0.4 is 5.32 Å². The van der Waals surface area contributed by atoms with Gasteiger partial charge in [0.2, 0.25) is 0 Å². The Labute approximate surface area is 198 Å². The van der Waals surface area contributed by atoms with Crippen LogP contribution in [-0.4, -0.2) is 49.4 Å². The van der Waals surface area contributed by atoms with Crippen LogP contribution in [0.1, 0.15) is 16.7 Å². The molecule has 0 spiro atoms. The van der Waals surface area contributed by atoms with Gasteiger partial charge in [0.25, 0.3) is 0 Å². The number of amides is 1. The third-order valence-electron chi connectivity index (χ3n) is 4.53. The number of anilines is 1. The molecule has 2 rings (SSSR count). The zero-order valence-electron chi connectivity index (χ0n) is 19.1. The maximum absolute atomic E-state index is 12.4. The minimum absolute atomic E-state index is 0.107. The van der Waals surface area contributed by atoms with Crippen molar-refractivity contribution in [3.63, 3.8) is 0 Å². The lowest BCUT2D eigenvalue weighted by Crippen LogP contribution is -2.30. The van der Waals surface area contributed by atoms with E-state index in [1.54, 1.807) is 12.1 Å². The van der Waals surface area contributed by atoms with Gasteiger partial charge in [-0.15, -0.1) is 0 Å². The number of thioether (sulfide) groups is 1. The molecule has 0 saturated heterocycles. The molecule has 1 N–H and O–H groups in total. The summed E-state index contributed by atoms with van der Waals surface area (Å²) in [4.78, 5) is 36.1. The predicted octanol–water partition coefficient (Wildman–Crippen LogP) is 4.47. The van der Waals surface area contributed by atoms with Gasteiger partial charge in [0.15, 0.2) is 0 Å². The summed E-state index contributed by atoms with van der Waals surface area (Å²) in [5.41, 5.74) is 3.89. The first-order valence-corrected chi connectivity index (χ1v) is 11.5. The molecule has 0 bridgehead atoms. The average Bonchev–Trinajstić information content (AvgIpc) is 2.79. The SMILES string of the molecule is C=C(CSCC(COC(=O)Cc1ccc(C)cc1)OC(=O)Nc1ccc(C)cc1)C(=O)OC. The van der Waals surface area contributed by atoms with Crippen LogP contribution in [0.25, 0.3) is 0 Å². The predicted molar refractivity (Wildman–Crippen MR) is 129 cm³/mol. The molecular weight excluding hydrogens is 442 g/mol. The Bertz CT molecular complexity index is 956. The van der Waals surface area contributed by atoms with Gasteiger partial charge < -0.3 is 14.2 Å². The summed E-state index contributed by atoms with van der Waals surface area (Å²) in [5, 5.41) is 2.66. The fourth-order valence-electron chi connectivity index (χ4n) is 2.68. The molecule has 0 radical (unpaired) electrons. The molecule has 0 saturated carbocycles. The van der Waals surface area contributed by atoms with E-state index in [1.807, 2.05) is 50.2 Å². The lowest BCUT2D eigenvalue weighted by atomic mass is 10.1. The van der Waals surface area contributed by atoms with Crippen LogP contribution in [0.3, 0.4) is 0 Å². The van der Waals surface area contributed by atoms with Crippen LogP contribution in [0.4, 0.5) is 10.5 Å². The smallest absolute Gasteiger partial charge is 0.412 e. The number of nitrogens with one attached hydrogen (secondary N) is 1. The second kappa shape index (κ2) is 13.3. The van der Waals surface area contributed by atoms with Crippen molar-refractivity contribution >= 4 is 35.5 Å². The number of aryl methyl sites for hydroxylation is 2. The van der Waals surface area contributed by atoms with Gasteiger partial charge in [-0.3, -0.25) is 10.1 Å². The van der Waals surface area contributed by atoms with Crippen molar-refractivity contribution in [2.45, 2.75) is 26.4 Å². The summed E-state index contributed by atoms with van der Waals surface area (Å²) in [6.07, 6.45) is -1.26. The van der Waals surface area contributed by atoms with E-state index in [0.29, 0.717) is 22.8 Å². The molecule has 8 heteroatoms. The van der Waals surface area contributed by atoms with Gasteiger partial charge >= 0.3 is 18.0 Å². The van der Waals surface area contributed by atoms with Crippen molar-refractivity contribution in [3.05, 3.63) is 77.4 Å². The van der Waals surface area contributed by atoms with Gasteiger partial charge in [0.05, 0.1) is 13.5 Å². The average molecular weight is 472 g/mol. The van der Waals surface area contributed by atoms with Crippen molar-refractivity contribution in [3.8, 4) is 0 Å². The van der Waals surface area contributed by atoms with E-state index in [9.17, 15) is 14.4 Å². The second-order valence-electron chi connectivity index (χ2n) is 7.47. The molecule has 33 heavy (non-hydrogen) atoms. The minimum Gasteiger partial charge on any atom is -0.466 e. The number of hydrogen-bond donors (Lipinski definition) is 1. The summed E-state index contributed by atoms with van der Waals surface area (Å²) in [6, 6.07) is 14.9. The van der Waals surface area contributed by atoms with Crippen LogP contribution >= 0.6 is 11.8 Å². The van der Waals surface area contributed by atoms with Crippen LogP contribution in [-0.2, 0) is 30.2 Å². The van der Waals surface area contributed by atoms with Gasteiger partial charge in [0.1, 0.15) is 12.7 Å². The summed E-state index contributed by atoms with van der Waals surface area (Å²) in [5.74, 6) is -0.324. The highest BCUT2D eigenvalue weighted by Gasteiger charge is 2.19. The molecule has 0 aromatic heterocycles. The van der Waals surface area contributed by atoms with Crippen molar-refractivity contribution < 1.29 is 28.6 Å². The van der Waals surface area contributed by atoms with Gasteiger partial charge in [-0.25, -0.2) is 9.59 Å². The van der Waals surface area contributed by atoms with E-state index in [1.165, 1.54) is 18.9 Å². The lowest BCUT2D eigenvalue weighted by Gasteiger charge is -2.18. The van der Waals surface area contributed by atoms with Gasteiger partial charge in [0, 0.05) is 22.8 Å². The van der Waals surface area contributed by atoms with Crippen molar-refractivity contribution in [2.75, 3.05) is 30.5 Å². The van der Waals surface area contributed by atoms with E-state index >= 15 is 0 Å². The first kappa shape index (κ1) is 26.0. The topological polar surface area (TPSA) is 90.9 Å². The largest absolute Gasteiger partial charge is 0.466 e. The van der Waals surface area contributed by atoms with Gasteiger partial charge in [-0.05, 0) is 31.5 Å².